The number of benzene rings is 2. The van der Waals surface area contributed by atoms with Gasteiger partial charge in [-0.15, -0.1) is 11.8 Å². The second-order valence-electron chi connectivity index (χ2n) is 8.39. The molecule has 9 heteroatoms. The van der Waals surface area contributed by atoms with Crippen molar-refractivity contribution in [3.05, 3.63) is 106 Å². The largest absolute Gasteiger partial charge is 0.339 e. The Balaban J connectivity index is 1.51. The van der Waals surface area contributed by atoms with Crippen LogP contribution in [-0.4, -0.2) is 29.0 Å². The first kappa shape index (κ1) is 24.5. The number of nitrogens with zero attached hydrogens (tertiary/aromatic N) is 2. The number of hydrogen-bond donors (Lipinski definition) is 1. The Morgan fingerprint density at radius 3 is 2.56 bits per heavy atom. The molecule has 0 radical (unpaired) electrons. The monoisotopic (exact) mass is 537 g/mol. The highest BCUT2D eigenvalue weighted by Gasteiger charge is 2.48. The minimum Gasteiger partial charge on any atom is -0.339 e. The first-order chi connectivity index (χ1) is 17.4. The van der Waals surface area contributed by atoms with Crippen LogP contribution in [0.3, 0.4) is 0 Å². The van der Waals surface area contributed by atoms with E-state index in [1.54, 1.807) is 30.3 Å². The van der Waals surface area contributed by atoms with Gasteiger partial charge in [0.2, 0.25) is 5.91 Å². The molecular formula is C27H21ClFN3O2S2. The van der Waals surface area contributed by atoms with E-state index in [1.165, 1.54) is 23.5 Å². The minimum absolute atomic E-state index is 0.0499. The van der Waals surface area contributed by atoms with Crippen LogP contribution < -0.4 is 10.2 Å². The van der Waals surface area contributed by atoms with E-state index in [1.807, 2.05) is 53.0 Å². The number of pyridine rings is 1. The highest BCUT2D eigenvalue weighted by Crippen LogP contribution is 2.41. The van der Waals surface area contributed by atoms with E-state index in [0.29, 0.717) is 21.4 Å². The van der Waals surface area contributed by atoms with E-state index in [4.69, 9.17) is 16.6 Å². The number of aromatic nitrogens is 1. The number of hydrogen-bond acceptors (Lipinski definition) is 6. The van der Waals surface area contributed by atoms with Crippen molar-refractivity contribution in [1.82, 2.24) is 10.3 Å². The van der Waals surface area contributed by atoms with Gasteiger partial charge in [-0.1, -0.05) is 29.8 Å². The topological polar surface area (TPSA) is 62.3 Å². The molecule has 1 N–H and O–H groups in total. The van der Waals surface area contributed by atoms with Crippen molar-refractivity contribution in [2.24, 2.45) is 0 Å². The van der Waals surface area contributed by atoms with Crippen LogP contribution in [0.2, 0.25) is 5.02 Å². The zero-order valence-electron chi connectivity index (χ0n) is 19.2. The van der Waals surface area contributed by atoms with Crippen molar-refractivity contribution in [2.45, 2.75) is 22.1 Å². The van der Waals surface area contributed by atoms with Gasteiger partial charge in [0, 0.05) is 24.1 Å². The lowest BCUT2D eigenvalue weighted by atomic mass is 9.79. The molecule has 1 aliphatic heterocycles. The summed E-state index contributed by atoms with van der Waals surface area (Å²) >= 11 is 8.92. The van der Waals surface area contributed by atoms with Gasteiger partial charge in [-0.2, -0.15) is 11.3 Å². The molecule has 4 aromatic rings. The molecule has 0 saturated carbocycles. The van der Waals surface area contributed by atoms with Crippen LogP contribution in [0.15, 0.2) is 88.5 Å². The van der Waals surface area contributed by atoms with E-state index >= 15 is 0 Å². The Morgan fingerprint density at radius 1 is 1.08 bits per heavy atom. The fourth-order valence-corrected chi connectivity index (χ4v) is 6.21. The zero-order valence-corrected chi connectivity index (χ0v) is 21.5. The number of anilines is 2. The molecule has 1 saturated heterocycles. The van der Waals surface area contributed by atoms with Gasteiger partial charge in [-0.25, -0.2) is 9.37 Å². The molecule has 182 valence electrons. The van der Waals surface area contributed by atoms with Crippen molar-refractivity contribution in [1.29, 1.82) is 0 Å². The number of carbonyl (C=O) groups is 2. The summed E-state index contributed by atoms with van der Waals surface area (Å²) in [6.07, 6.45) is 0.0499. The van der Waals surface area contributed by atoms with E-state index in [-0.39, 0.29) is 23.9 Å². The van der Waals surface area contributed by atoms with E-state index in [2.05, 4.69) is 5.32 Å². The van der Waals surface area contributed by atoms with Crippen molar-refractivity contribution < 1.29 is 14.0 Å². The lowest BCUT2D eigenvalue weighted by Gasteiger charge is -2.39. The van der Waals surface area contributed by atoms with Crippen LogP contribution in [0.4, 0.5) is 15.9 Å². The minimum atomic E-state index is -1.11. The normalized spacial score (nSPS) is 19.7. The van der Waals surface area contributed by atoms with Gasteiger partial charge in [0.25, 0.3) is 0 Å². The molecular weight excluding hydrogens is 517 g/mol. The first-order valence-corrected chi connectivity index (χ1v) is 13.3. The maximum absolute atomic E-state index is 13.5. The molecule has 1 fully saturated rings. The van der Waals surface area contributed by atoms with Crippen LogP contribution in [0.5, 0.6) is 0 Å². The van der Waals surface area contributed by atoms with Crippen LogP contribution in [0, 0.1) is 5.82 Å². The summed E-state index contributed by atoms with van der Waals surface area (Å²) in [5.74, 6) is -0.309. The average Bonchev–Trinajstić information content (AvgIpc) is 3.43. The van der Waals surface area contributed by atoms with E-state index < -0.39 is 10.8 Å². The zero-order chi connectivity index (χ0) is 25.3. The maximum Gasteiger partial charge on any atom is 0.242 e. The number of halogens is 2. The summed E-state index contributed by atoms with van der Waals surface area (Å²) in [6, 6.07) is 20.7. The number of thiophene rings is 1. The smallest absolute Gasteiger partial charge is 0.242 e. The molecule has 2 unspecified atom stereocenters. The predicted molar refractivity (Wildman–Crippen MR) is 143 cm³/mol. The molecule has 0 bridgehead atoms. The fourth-order valence-electron chi connectivity index (χ4n) is 4.24. The number of amides is 1. The van der Waals surface area contributed by atoms with Crippen molar-refractivity contribution in [3.8, 4) is 0 Å². The van der Waals surface area contributed by atoms with Gasteiger partial charge < -0.3 is 10.2 Å². The van der Waals surface area contributed by atoms with Crippen LogP contribution >= 0.6 is 34.7 Å². The third kappa shape index (κ3) is 4.64. The molecule has 36 heavy (non-hydrogen) atoms. The second-order valence-corrected chi connectivity index (χ2v) is 10.7. The molecule has 2 aromatic carbocycles. The molecule has 2 aromatic heterocycles. The summed E-state index contributed by atoms with van der Waals surface area (Å²) in [6.45, 7) is 0. The molecule has 5 nitrogen and oxygen atoms in total. The Kier molecular flexibility index (Phi) is 6.83. The van der Waals surface area contributed by atoms with Gasteiger partial charge in [0.1, 0.15) is 22.4 Å². The van der Waals surface area contributed by atoms with Gasteiger partial charge in [-0.05, 0) is 70.9 Å². The first-order valence-electron chi connectivity index (χ1n) is 11.1. The number of ketones is 1. The van der Waals surface area contributed by atoms with Crippen molar-refractivity contribution in [2.75, 3.05) is 11.9 Å². The average molecular weight is 538 g/mol. The summed E-state index contributed by atoms with van der Waals surface area (Å²) in [4.78, 5) is 34.3. The van der Waals surface area contributed by atoms with Crippen LogP contribution in [0.1, 0.15) is 17.7 Å². The molecule has 0 spiro atoms. The summed E-state index contributed by atoms with van der Waals surface area (Å²) < 4.78 is 13.4. The SMILES string of the molecule is CN(c1ccc(F)cc1)c1cccc(C2(c3ccsc3)CC(=O)C(Sc3ccccc3Cl)C(=O)N2)n1. The predicted octanol–water partition coefficient (Wildman–Crippen LogP) is 6.20. The van der Waals surface area contributed by atoms with Crippen LogP contribution in [-0.2, 0) is 15.1 Å². The fraction of sp³-hybridized carbons (Fsp3) is 0.148. The van der Waals surface area contributed by atoms with E-state index in [9.17, 15) is 14.0 Å². The highest BCUT2D eigenvalue weighted by molar-refractivity contribution is 8.01. The highest BCUT2D eigenvalue weighted by atomic mass is 35.5. The van der Waals surface area contributed by atoms with Gasteiger partial charge in [-0.3, -0.25) is 9.59 Å². The Hall–Kier alpha value is -3.20. The molecule has 3 heterocycles. The standard InChI is InChI=1S/C27H21ClFN3O2S2/c1-32(19-11-9-18(29)10-12-19)24-8-4-7-23(30-24)27(17-13-14-35-16-17)15-21(33)25(26(34)31-27)36-22-6-3-2-5-20(22)28/h2-14,16,25H,15H2,1H3,(H,31,34). The third-order valence-corrected chi connectivity index (χ3v) is 8.58. The quantitative estimate of drug-likeness (QED) is 0.297. The van der Waals surface area contributed by atoms with Gasteiger partial charge in [0.05, 0.1) is 10.7 Å². The number of thioether (sulfide) groups is 1. The molecule has 1 aliphatic rings. The lowest BCUT2D eigenvalue weighted by Crippen LogP contribution is -2.58. The van der Waals surface area contributed by atoms with Crippen molar-refractivity contribution >= 4 is 57.9 Å². The number of Topliss-reactive ketones (excluding diaryl/α,β-unsaturated/α-hetero) is 1. The molecule has 0 aliphatic carbocycles. The van der Waals surface area contributed by atoms with Crippen LogP contribution in [0.25, 0.3) is 0 Å². The summed E-state index contributed by atoms with van der Waals surface area (Å²) in [7, 11) is 1.83. The van der Waals surface area contributed by atoms with E-state index in [0.717, 1.165) is 23.0 Å². The molecule has 2 atom stereocenters. The molecule has 5 rings (SSSR count). The summed E-state index contributed by atoms with van der Waals surface area (Å²) in [5, 5.41) is 6.55. The number of carbonyl (C=O) groups excluding carboxylic acids is 2. The number of rotatable bonds is 6. The van der Waals surface area contributed by atoms with Gasteiger partial charge in [0.15, 0.2) is 5.78 Å². The Bertz CT molecular complexity index is 1390. The van der Waals surface area contributed by atoms with Crippen molar-refractivity contribution in [3.63, 3.8) is 0 Å². The third-order valence-electron chi connectivity index (χ3n) is 6.13. The lowest BCUT2D eigenvalue weighted by molar-refractivity contribution is -0.133. The number of nitrogens with one attached hydrogen (secondary N) is 1. The van der Waals surface area contributed by atoms with Gasteiger partial charge >= 0.3 is 0 Å². The number of piperidine rings is 1. The Morgan fingerprint density at radius 2 is 1.86 bits per heavy atom. The summed E-state index contributed by atoms with van der Waals surface area (Å²) in [5.41, 5.74) is 0.996. The second kappa shape index (κ2) is 10.0. The Labute approximate surface area is 221 Å². The maximum atomic E-state index is 13.5. The molecule has 1 amide bonds.